The fourth-order valence-electron chi connectivity index (χ4n) is 1.83. The molecule has 0 aromatic heterocycles. The van der Waals surface area contributed by atoms with Crippen molar-refractivity contribution in [2.75, 3.05) is 19.8 Å². The molecule has 0 heterocycles. The lowest BCUT2D eigenvalue weighted by atomic mass is 10.1. The van der Waals surface area contributed by atoms with Crippen molar-refractivity contribution in [3.8, 4) is 5.75 Å². The van der Waals surface area contributed by atoms with Gasteiger partial charge in [-0.25, -0.2) is 9.59 Å². The molecule has 0 saturated heterocycles. The first-order valence-electron chi connectivity index (χ1n) is 8.41. The summed E-state index contributed by atoms with van der Waals surface area (Å²) in [4.78, 5) is 24.3. The number of benzene rings is 1. The summed E-state index contributed by atoms with van der Waals surface area (Å²) in [6.07, 6.45) is 3.75. The van der Waals surface area contributed by atoms with Crippen LogP contribution in [0.1, 0.15) is 45.6 Å². The number of carbonyl (C=O) groups is 2. The predicted molar refractivity (Wildman–Crippen MR) is 92.7 cm³/mol. The molecule has 0 aliphatic rings. The third kappa shape index (κ3) is 6.86. The Morgan fingerprint density at radius 1 is 0.917 bits per heavy atom. The van der Waals surface area contributed by atoms with Crippen molar-refractivity contribution in [3.63, 3.8) is 0 Å². The van der Waals surface area contributed by atoms with Crippen LogP contribution in [-0.2, 0) is 19.1 Å². The zero-order valence-electron chi connectivity index (χ0n) is 14.7. The highest BCUT2D eigenvalue weighted by Crippen LogP contribution is 2.17. The zero-order chi connectivity index (χ0) is 17.8. The molecule has 0 atom stereocenters. The van der Waals surface area contributed by atoms with E-state index in [1.54, 1.807) is 12.1 Å². The smallest absolute Gasteiger partial charge is 0.345 e. The van der Waals surface area contributed by atoms with Crippen LogP contribution in [0.2, 0.25) is 0 Å². The molecule has 0 aliphatic carbocycles. The highest BCUT2D eigenvalue weighted by molar-refractivity contribution is 6.17. The van der Waals surface area contributed by atoms with Crippen LogP contribution >= 0.6 is 0 Å². The standard InChI is InChI=1S/C19H26O5/c1-4-10-22-16-9-7-8-15(13-16)14-17(18(20)23-11-5-2)19(21)24-12-6-3/h7-9,13-14H,4-6,10-12H2,1-3H3. The van der Waals surface area contributed by atoms with E-state index in [0.29, 0.717) is 30.8 Å². The minimum Gasteiger partial charge on any atom is -0.494 e. The molecule has 0 radical (unpaired) electrons. The van der Waals surface area contributed by atoms with E-state index >= 15 is 0 Å². The molecule has 0 bridgehead atoms. The van der Waals surface area contributed by atoms with Crippen LogP contribution in [0.5, 0.6) is 5.75 Å². The number of hydrogen-bond acceptors (Lipinski definition) is 5. The number of carbonyl (C=O) groups excluding carboxylic acids is 2. The lowest BCUT2D eigenvalue weighted by Crippen LogP contribution is -2.19. The second-order valence-corrected chi connectivity index (χ2v) is 5.25. The Kier molecular flexibility index (Phi) is 9.27. The van der Waals surface area contributed by atoms with Gasteiger partial charge in [0.15, 0.2) is 0 Å². The van der Waals surface area contributed by atoms with Crippen LogP contribution in [0.15, 0.2) is 29.8 Å². The molecule has 0 unspecified atom stereocenters. The van der Waals surface area contributed by atoms with Crippen LogP contribution in [0.4, 0.5) is 0 Å². The molecule has 0 spiro atoms. The van der Waals surface area contributed by atoms with E-state index in [-0.39, 0.29) is 18.8 Å². The van der Waals surface area contributed by atoms with Crippen molar-refractivity contribution in [1.29, 1.82) is 0 Å². The van der Waals surface area contributed by atoms with E-state index in [1.165, 1.54) is 6.08 Å². The summed E-state index contributed by atoms with van der Waals surface area (Å²) in [5.41, 5.74) is 0.574. The summed E-state index contributed by atoms with van der Waals surface area (Å²) in [5, 5.41) is 0. The van der Waals surface area contributed by atoms with Crippen LogP contribution in [0.25, 0.3) is 6.08 Å². The van der Waals surface area contributed by atoms with Gasteiger partial charge in [-0.15, -0.1) is 0 Å². The molecule has 0 N–H and O–H groups in total. The molecule has 0 aliphatic heterocycles. The Bertz CT molecular complexity index is 541. The third-order valence-corrected chi connectivity index (χ3v) is 2.96. The minimum absolute atomic E-state index is 0.107. The van der Waals surface area contributed by atoms with Gasteiger partial charge in [-0.1, -0.05) is 32.9 Å². The van der Waals surface area contributed by atoms with Crippen LogP contribution in [0.3, 0.4) is 0 Å². The van der Waals surface area contributed by atoms with E-state index in [1.807, 2.05) is 32.9 Å². The lowest BCUT2D eigenvalue weighted by molar-refractivity contribution is -0.147. The van der Waals surface area contributed by atoms with Gasteiger partial charge in [0.05, 0.1) is 19.8 Å². The van der Waals surface area contributed by atoms with Crippen molar-refractivity contribution < 1.29 is 23.8 Å². The number of hydrogen-bond donors (Lipinski definition) is 0. The highest BCUT2D eigenvalue weighted by atomic mass is 16.6. The van der Waals surface area contributed by atoms with Crippen molar-refractivity contribution in [3.05, 3.63) is 35.4 Å². The van der Waals surface area contributed by atoms with Crippen molar-refractivity contribution in [2.45, 2.75) is 40.0 Å². The third-order valence-electron chi connectivity index (χ3n) is 2.96. The van der Waals surface area contributed by atoms with Gasteiger partial charge >= 0.3 is 11.9 Å². The number of esters is 2. The summed E-state index contributed by atoms with van der Waals surface area (Å²) >= 11 is 0. The van der Waals surface area contributed by atoms with Gasteiger partial charge in [0.2, 0.25) is 0 Å². The SMILES string of the molecule is CCCOC(=O)C(=Cc1cccc(OCCC)c1)C(=O)OCCC. The molecule has 5 heteroatoms. The van der Waals surface area contributed by atoms with Crippen molar-refractivity contribution in [2.24, 2.45) is 0 Å². The van der Waals surface area contributed by atoms with Crippen molar-refractivity contribution in [1.82, 2.24) is 0 Å². The fourth-order valence-corrected chi connectivity index (χ4v) is 1.83. The molecule has 5 nitrogen and oxygen atoms in total. The summed E-state index contributed by atoms with van der Waals surface area (Å²) < 4.78 is 15.7. The van der Waals surface area contributed by atoms with E-state index in [0.717, 1.165) is 6.42 Å². The quantitative estimate of drug-likeness (QED) is 0.282. The summed E-state index contributed by atoms with van der Waals surface area (Å²) in [6.45, 7) is 6.93. The Morgan fingerprint density at radius 2 is 1.50 bits per heavy atom. The second-order valence-electron chi connectivity index (χ2n) is 5.25. The van der Waals surface area contributed by atoms with Gasteiger partial charge in [-0.3, -0.25) is 0 Å². The fraction of sp³-hybridized carbons (Fsp3) is 0.474. The Morgan fingerprint density at radius 3 is 2.04 bits per heavy atom. The molecule has 1 aromatic rings. The largest absolute Gasteiger partial charge is 0.494 e. The molecule has 132 valence electrons. The van der Waals surface area contributed by atoms with Gasteiger partial charge < -0.3 is 14.2 Å². The molecular formula is C19H26O5. The normalized spacial score (nSPS) is 9.96. The topological polar surface area (TPSA) is 61.8 Å². The van der Waals surface area contributed by atoms with E-state index < -0.39 is 11.9 Å². The van der Waals surface area contributed by atoms with Gasteiger partial charge in [0, 0.05) is 0 Å². The average Bonchev–Trinajstić information content (AvgIpc) is 2.60. The maximum absolute atomic E-state index is 12.1. The molecule has 0 amide bonds. The minimum atomic E-state index is -0.669. The van der Waals surface area contributed by atoms with E-state index in [2.05, 4.69) is 0 Å². The Balaban J connectivity index is 3.01. The van der Waals surface area contributed by atoms with Crippen LogP contribution in [-0.4, -0.2) is 31.8 Å². The molecule has 1 rings (SSSR count). The first-order chi connectivity index (χ1) is 11.6. The summed E-state index contributed by atoms with van der Waals surface area (Å²) in [6, 6.07) is 7.20. The Labute approximate surface area is 143 Å². The Hall–Kier alpha value is -2.30. The highest BCUT2D eigenvalue weighted by Gasteiger charge is 2.21. The monoisotopic (exact) mass is 334 g/mol. The molecule has 0 fully saturated rings. The lowest BCUT2D eigenvalue weighted by Gasteiger charge is -2.09. The van der Waals surface area contributed by atoms with Crippen LogP contribution in [0, 0.1) is 0 Å². The summed E-state index contributed by atoms with van der Waals surface area (Å²) in [5.74, 6) is -0.649. The predicted octanol–water partition coefficient (Wildman–Crippen LogP) is 3.77. The van der Waals surface area contributed by atoms with E-state index in [9.17, 15) is 9.59 Å². The van der Waals surface area contributed by atoms with Gasteiger partial charge in [-0.2, -0.15) is 0 Å². The average molecular weight is 334 g/mol. The molecule has 1 aromatic carbocycles. The maximum atomic E-state index is 12.1. The number of ether oxygens (including phenoxy) is 3. The van der Waals surface area contributed by atoms with E-state index in [4.69, 9.17) is 14.2 Å². The van der Waals surface area contributed by atoms with Gasteiger partial charge in [-0.05, 0) is 43.0 Å². The van der Waals surface area contributed by atoms with Crippen molar-refractivity contribution >= 4 is 18.0 Å². The maximum Gasteiger partial charge on any atom is 0.345 e. The van der Waals surface area contributed by atoms with Crippen LogP contribution < -0.4 is 4.74 Å². The molecule has 0 saturated carbocycles. The van der Waals surface area contributed by atoms with Gasteiger partial charge in [0.1, 0.15) is 11.3 Å². The zero-order valence-corrected chi connectivity index (χ0v) is 14.7. The van der Waals surface area contributed by atoms with Gasteiger partial charge in [0.25, 0.3) is 0 Å². The molecular weight excluding hydrogens is 308 g/mol. The second kappa shape index (κ2) is 11.3. The first-order valence-corrected chi connectivity index (χ1v) is 8.41. The molecule has 24 heavy (non-hydrogen) atoms. The summed E-state index contributed by atoms with van der Waals surface area (Å²) in [7, 11) is 0. The first kappa shape index (κ1) is 19.7. The number of rotatable bonds is 10.